The molecule has 1 atom stereocenters. The number of hydrogen-bond donors (Lipinski definition) is 1. The van der Waals surface area contributed by atoms with Crippen molar-refractivity contribution in [3.05, 3.63) is 66.0 Å². The monoisotopic (exact) mass is 576 g/mol. The molecule has 3 aromatic rings. The molecule has 1 N–H and O–H groups in total. The number of esters is 1. The van der Waals surface area contributed by atoms with E-state index in [4.69, 9.17) is 26.4 Å². The number of thiocarbonyl (C=S) groups is 1. The van der Waals surface area contributed by atoms with Gasteiger partial charge in [0.05, 0.1) is 25.5 Å². The number of rotatable bonds is 10. The van der Waals surface area contributed by atoms with E-state index in [1.807, 2.05) is 42.0 Å². The van der Waals surface area contributed by atoms with E-state index in [0.29, 0.717) is 30.2 Å². The number of hydrogen-bond acceptors (Lipinski definition) is 7. The summed E-state index contributed by atoms with van der Waals surface area (Å²) in [4.78, 5) is 41.8. The second kappa shape index (κ2) is 12.5. The fraction of sp³-hybridized carbons (Fsp3) is 0.333. The minimum atomic E-state index is -0.537. The Morgan fingerprint density at radius 1 is 1.15 bits per heavy atom. The highest BCUT2D eigenvalue weighted by molar-refractivity contribution is 7.80. The van der Waals surface area contributed by atoms with Gasteiger partial charge in [-0.1, -0.05) is 18.2 Å². The molecule has 2 aliphatic heterocycles. The van der Waals surface area contributed by atoms with E-state index in [2.05, 4.69) is 5.32 Å². The lowest BCUT2D eigenvalue weighted by Crippen LogP contribution is -2.35. The van der Waals surface area contributed by atoms with Gasteiger partial charge in [0.15, 0.2) is 5.11 Å². The van der Waals surface area contributed by atoms with E-state index in [1.54, 1.807) is 30.3 Å². The predicted octanol–water partition coefficient (Wildman–Crippen LogP) is 3.48. The van der Waals surface area contributed by atoms with Crippen LogP contribution in [-0.2, 0) is 30.4 Å². The van der Waals surface area contributed by atoms with Crippen molar-refractivity contribution in [3.8, 4) is 5.75 Å². The first-order chi connectivity index (χ1) is 19.9. The highest BCUT2D eigenvalue weighted by atomic mass is 32.1. The molecular formula is C30H32N4O6S. The minimum Gasteiger partial charge on any atom is -0.494 e. The van der Waals surface area contributed by atoms with Crippen LogP contribution in [0.2, 0.25) is 0 Å². The summed E-state index contributed by atoms with van der Waals surface area (Å²) in [5.74, 6) is -0.379. The fourth-order valence-corrected chi connectivity index (χ4v) is 5.38. The van der Waals surface area contributed by atoms with Crippen molar-refractivity contribution >= 4 is 57.8 Å². The van der Waals surface area contributed by atoms with Crippen molar-refractivity contribution < 1.29 is 28.6 Å². The van der Waals surface area contributed by atoms with Gasteiger partial charge in [-0.2, -0.15) is 0 Å². The van der Waals surface area contributed by atoms with E-state index in [9.17, 15) is 14.4 Å². The van der Waals surface area contributed by atoms with Crippen molar-refractivity contribution in [2.24, 2.45) is 0 Å². The predicted molar refractivity (Wildman–Crippen MR) is 158 cm³/mol. The van der Waals surface area contributed by atoms with Gasteiger partial charge in [0, 0.05) is 35.8 Å². The Morgan fingerprint density at radius 3 is 2.63 bits per heavy atom. The summed E-state index contributed by atoms with van der Waals surface area (Å²) in [6, 6.07) is 14.7. The summed E-state index contributed by atoms with van der Waals surface area (Å²) in [5, 5.41) is 3.97. The molecule has 1 aromatic heterocycles. The molecule has 2 amide bonds. The standard InChI is InChI=1S/C30H32N4O6S/c1-3-39-22-12-10-21(11-13-22)34-29(37)26(33(30(34)41)19-28(36)38-2)15-20-17-32(25-9-5-4-8-24(20)25)18-27(35)31-16-23-7-6-14-40-23/h4-5,8-13,15,17,23H,3,6-7,14,16,18-19H2,1-2H3,(H,31,35)/b26-15-/t23-/m0/s1. The zero-order chi connectivity index (χ0) is 28.9. The summed E-state index contributed by atoms with van der Waals surface area (Å²) < 4.78 is 17.9. The lowest BCUT2D eigenvalue weighted by molar-refractivity contribution is -0.140. The first-order valence-electron chi connectivity index (χ1n) is 13.5. The number of carbonyl (C=O) groups excluding carboxylic acids is 3. The number of amides is 2. The summed E-state index contributed by atoms with van der Waals surface area (Å²) >= 11 is 5.68. The highest BCUT2D eigenvalue weighted by Gasteiger charge is 2.40. The molecule has 5 rings (SSSR count). The van der Waals surface area contributed by atoms with Crippen LogP contribution in [0.15, 0.2) is 60.4 Å². The minimum absolute atomic E-state index is 0.0528. The fourth-order valence-electron chi connectivity index (χ4n) is 5.02. The Hall–Kier alpha value is -4.22. The van der Waals surface area contributed by atoms with Crippen LogP contribution in [0.25, 0.3) is 17.0 Å². The number of nitrogens with zero attached hydrogens (tertiary/aromatic N) is 3. The van der Waals surface area contributed by atoms with Gasteiger partial charge < -0.3 is 29.0 Å². The number of para-hydroxylation sites is 1. The molecule has 41 heavy (non-hydrogen) atoms. The third-order valence-corrected chi connectivity index (χ3v) is 7.44. The number of fused-ring (bicyclic) bond motifs is 1. The molecule has 0 unspecified atom stereocenters. The van der Waals surface area contributed by atoms with Crippen LogP contribution >= 0.6 is 12.2 Å². The molecule has 10 nitrogen and oxygen atoms in total. The summed E-state index contributed by atoms with van der Waals surface area (Å²) in [7, 11) is 1.29. The van der Waals surface area contributed by atoms with Crippen molar-refractivity contribution in [1.82, 2.24) is 14.8 Å². The number of anilines is 1. The SMILES string of the molecule is CCOc1ccc(N2C(=O)/C(=C/c3cn(CC(=O)NC[C@@H]4CCCO4)c4ccccc34)N(CC(=O)OC)C2=S)cc1. The van der Waals surface area contributed by atoms with Crippen LogP contribution in [0.1, 0.15) is 25.3 Å². The number of benzene rings is 2. The van der Waals surface area contributed by atoms with E-state index in [1.165, 1.54) is 16.9 Å². The molecule has 0 aliphatic carbocycles. The van der Waals surface area contributed by atoms with Crippen molar-refractivity contribution in [2.45, 2.75) is 32.4 Å². The molecule has 0 radical (unpaired) electrons. The summed E-state index contributed by atoms with van der Waals surface area (Å²) in [6.07, 6.45) is 5.53. The van der Waals surface area contributed by atoms with Gasteiger partial charge in [0.1, 0.15) is 24.5 Å². The molecule has 2 aromatic carbocycles. The largest absolute Gasteiger partial charge is 0.494 e. The van der Waals surface area contributed by atoms with Gasteiger partial charge in [-0.05, 0) is 68.4 Å². The first kappa shape index (κ1) is 28.3. The smallest absolute Gasteiger partial charge is 0.325 e. The number of nitrogens with one attached hydrogen (secondary N) is 1. The average Bonchev–Trinajstić information content (AvgIpc) is 3.68. The molecular weight excluding hydrogens is 544 g/mol. The molecule has 11 heteroatoms. The maximum atomic E-state index is 13.8. The first-order valence-corrected chi connectivity index (χ1v) is 13.9. The van der Waals surface area contributed by atoms with Gasteiger partial charge >= 0.3 is 5.97 Å². The zero-order valence-corrected chi connectivity index (χ0v) is 23.8. The van der Waals surface area contributed by atoms with Crippen LogP contribution in [0.4, 0.5) is 5.69 Å². The second-order valence-electron chi connectivity index (χ2n) is 9.71. The van der Waals surface area contributed by atoms with Crippen molar-refractivity contribution in [2.75, 3.05) is 38.3 Å². The number of aromatic nitrogens is 1. The normalized spacial score (nSPS) is 18.0. The topological polar surface area (TPSA) is 102 Å². The lowest BCUT2D eigenvalue weighted by Gasteiger charge is -2.19. The van der Waals surface area contributed by atoms with Gasteiger partial charge in [-0.25, -0.2) is 0 Å². The van der Waals surface area contributed by atoms with Gasteiger partial charge in [0.2, 0.25) is 5.91 Å². The van der Waals surface area contributed by atoms with Crippen molar-refractivity contribution in [1.29, 1.82) is 0 Å². The molecule has 0 saturated carbocycles. The van der Waals surface area contributed by atoms with E-state index in [0.717, 1.165) is 30.4 Å². The lowest BCUT2D eigenvalue weighted by atomic mass is 10.1. The van der Waals surface area contributed by atoms with Crippen LogP contribution < -0.4 is 15.0 Å². The van der Waals surface area contributed by atoms with E-state index < -0.39 is 5.97 Å². The molecule has 3 heterocycles. The van der Waals surface area contributed by atoms with Crippen LogP contribution in [-0.4, -0.2) is 71.9 Å². The van der Waals surface area contributed by atoms with E-state index >= 15 is 0 Å². The molecule has 2 fully saturated rings. The number of carbonyl (C=O) groups is 3. The van der Waals surface area contributed by atoms with Gasteiger partial charge in [-0.3, -0.25) is 19.3 Å². The maximum absolute atomic E-state index is 13.8. The number of ether oxygens (including phenoxy) is 3. The Bertz CT molecular complexity index is 1490. The molecule has 2 aliphatic rings. The average molecular weight is 577 g/mol. The summed E-state index contributed by atoms with van der Waals surface area (Å²) in [6.45, 7) is 3.49. The Morgan fingerprint density at radius 2 is 1.93 bits per heavy atom. The molecule has 214 valence electrons. The van der Waals surface area contributed by atoms with Crippen molar-refractivity contribution in [3.63, 3.8) is 0 Å². The molecule has 0 bridgehead atoms. The van der Waals surface area contributed by atoms with E-state index in [-0.39, 0.29) is 41.8 Å². The molecule has 2 saturated heterocycles. The highest BCUT2D eigenvalue weighted by Crippen LogP contribution is 2.32. The van der Waals surface area contributed by atoms with Gasteiger partial charge in [0.25, 0.3) is 5.91 Å². The third-order valence-electron chi connectivity index (χ3n) is 7.03. The molecule has 0 spiro atoms. The Kier molecular flexibility index (Phi) is 8.65. The quantitative estimate of drug-likeness (QED) is 0.222. The van der Waals surface area contributed by atoms with Crippen LogP contribution in [0.5, 0.6) is 5.75 Å². The zero-order valence-electron chi connectivity index (χ0n) is 23.0. The van der Waals surface area contributed by atoms with Crippen LogP contribution in [0.3, 0.4) is 0 Å². The van der Waals surface area contributed by atoms with Crippen LogP contribution in [0, 0.1) is 0 Å². The van der Waals surface area contributed by atoms with Gasteiger partial charge in [-0.15, -0.1) is 0 Å². The maximum Gasteiger partial charge on any atom is 0.325 e. The summed E-state index contributed by atoms with van der Waals surface area (Å²) in [5.41, 5.74) is 2.32. The Labute approximate surface area is 243 Å². The second-order valence-corrected chi connectivity index (χ2v) is 10.1. The number of methoxy groups -OCH3 is 1. The third kappa shape index (κ3) is 6.10. The Balaban J connectivity index is 1.46.